The van der Waals surface area contributed by atoms with E-state index in [0.29, 0.717) is 6.61 Å². The molecule has 1 rings (SSSR count). The Morgan fingerprint density at radius 3 is 2.32 bits per heavy atom. The summed E-state index contributed by atoms with van der Waals surface area (Å²) in [5, 5.41) is 9.21. The Labute approximate surface area is 118 Å². The summed E-state index contributed by atoms with van der Waals surface area (Å²) in [5.74, 6) is 0. The maximum absolute atomic E-state index is 8.96. The van der Waals surface area contributed by atoms with Crippen LogP contribution in [0.3, 0.4) is 0 Å². The van der Waals surface area contributed by atoms with Crippen LogP contribution in [0, 0.1) is 6.92 Å². The Balaban J connectivity index is 2.74. The van der Waals surface area contributed by atoms with E-state index in [1.165, 1.54) is 16.7 Å². The molecule has 1 N–H and O–H groups in total. The van der Waals surface area contributed by atoms with Gasteiger partial charge in [0.05, 0.1) is 6.61 Å². The number of benzene rings is 1. The average molecular weight is 280 g/mol. The van der Waals surface area contributed by atoms with Gasteiger partial charge in [0.1, 0.15) is 0 Å². The van der Waals surface area contributed by atoms with Crippen molar-refractivity contribution in [1.29, 1.82) is 0 Å². The van der Waals surface area contributed by atoms with E-state index in [2.05, 4.69) is 59.0 Å². The molecule has 0 saturated carbocycles. The van der Waals surface area contributed by atoms with Crippen LogP contribution in [0.25, 0.3) is 0 Å². The van der Waals surface area contributed by atoms with Gasteiger partial charge in [-0.3, -0.25) is 0 Å². The number of aliphatic hydroxyl groups excluding tert-OH is 1. The lowest BCUT2D eigenvalue weighted by atomic mass is 10.0. The predicted octanol–water partition coefficient (Wildman–Crippen LogP) is 4.05. The van der Waals surface area contributed by atoms with E-state index >= 15 is 0 Å². The highest BCUT2D eigenvalue weighted by Crippen LogP contribution is 2.37. The predicted molar refractivity (Wildman–Crippen MR) is 84.0 cm³/mol. The summed E-state index contributed by atoms with van der Waals surface area (Å²) >= 11 is 0. The zero-order valence-electron chi connectivity index (χ0n) is 13.2. The molecule has 0 atom stereocenters. The molecule has 0 unspecified atom stereocenters. The lowest BCUT2D eigenvalue weighted by Crippen LogP contribution is -2.40. The van der Waals surface area contributed by atoms with E-state index in [0.717, 1.165) is 6.42 Å². The Morgan fingerprint density at radius 1 is 1.21 bits per heavy atom. The Bertz CT molecular complexity index is 419. The van der Waals surface area contributed by atoms with Crippen LogP contribution in [0.2, 0.25) is 18.1 Å². The van der Waals surface area contributed by atoms with Crippen molar-refractivity contribution in [1.82, 2.24) is 0 Å². The van der Waals surface area contributed by atoms with Gasteiger partial charge in [-0.25, -0.2) is 0 Å². The molecule has 0 saturated heterocycles. The molecule has 0 fully saturated rings. The van der Waals surface area contributed by atoms with Crippen molar-refractivity contribution in [2.45, 2.75) is 58.9 Å². The summed E-state index contributed by atoms with van der Waals surface area (Å²) in [6.07, 6.45) is 0.726. The number of aryl methyl sites for hydroxylation is 1. The Kier molecular flexibility index (Phi) is 5.36. The fourth-order valence-electron chi connectivity index (χ4n) is 1.68. The van der Waals surface area contributed by atoms with E-state index < -0.39 is 8.32 Å². The molecular weight excluding hydrogens is 252 g/mol. The van der Waals surface area contributed by atoms with E-state index in [-0.39, 0.29) is 11.6 Å². The van der Waals surface area contributed by atoms with Gasteiger partial charge in [-0.1, -0.05) is 39.0 Å². The quantitative estimate of drug-likeness (QED) is 0.824. The highest BCUT2D eigenvalue weighted by atomic mass is 28.4. The van der Waals surface area contributed by atoms with Gasteiger partial charge in [0.25, 0.3) is 0 Å². The fourth-order valence-corrected chi connectivity index (χ4v) is 2.63. The summed E-state index contributed by atoms with van der Waals surface area (Å²) in [5.41, 5.74) is 3.70. The van der Waals surface area contributed by atoms with E-state index in [9.17, 15) is 0 Å². The monoisotopic (exact) mass is 280 g/mol. The third kappa shape index (κ3) is 4.44. The molecule has 3 heteroatoms. The topological polar surface area (TPSA) is 29.5 Å². The van der Waals surface area contributed by atoms with Crippen molar-refractivity contribution in [3.63, 3.8) is 0 Å². The number of aliphatic hydroxyl groups is 1. The lowest BCUT2D eigenvalue weighted by molar-refractivity contribution is 0.275. The molecule has 0 aromatic heterocycles. The number of hydrogen-bond acceptors (Lipinski definition) is 2. The Hall–Kier alpha value is -0.643. The maximum atomic E-state index is 8.96. The summed E-state index contributed by atoms with van der Waals surface area (Å²) in [6.45, 7) is 14.4. The molecule has 0 aliphatic heterocycles. The normalized spacial score (nSPS) is 12.8. The molecule has 0 aliphatic rings. The minimum absolute atomic E-state index is 0.208. The van der Waals surface area contributed by atoms with Gasteiger partial charge in [0.15, 0.2) is 8.32 Å². The third-order valence-corrected chi connectivity index (χ3v) is 8.68. The third-order valence-electron chi connectivity index (χ3n) is 4.20. The molecule has 0 heterocycles. The average Bonchev–Trinajstić information content (AvgIpc) is 2.27. The van der Waals surface area contributed by atoms with Crippen molar-refractivity contribution in [2.24, 2.45) is 0 Å². The smallest absolute Gasteiger partial charge is 0.192 e. The SMILES string of the molecule is Cc1cc(CCO)ccc1CO[Si](C)(C)C(C)(C)C. The molecule has 0 radical (unpaired) electrons. The van der Waals surface area contributed by atoms with Crippen molar-refractivity contribution in [3.05, 3.63) is 34.9 Å². The zero-order valence-corrected chi connectivity index (χ0v) is 14.2. The second-order valence-electron chi connectivity index (χ2n) is 6.78. The van der Waals surface area contributed by atoms with Gasteiger partial charge in [-0.2, -0.15) is 0 Å². The first kappa shape index (κ1) is 16.4. The molecule has 0 bridgehead atoms. The van der Waals surface area contributed by atoms with Crippen LogP contribution in [0.4, 0.5) is 0 Å². The number of hydrogen-bond donors (Lipinski definition) is 1. The highest BCUT2D eigenvalue weighted by molar-refractivity contribution is 6.74. The molecule has 19 heavy (non-hydrogen) atoms. The van der Waals surface area contributed by atoms with Gasteiger partial charge in [0.2, 0.25) is 0 Å². The first-order chi connectivity index (χ1) is 8.67. The van der Waals surface area contributed by atoms with Gasteiger partial charge < -0.3 is 9.53 Å². The molecule has 1 aromatic rings. The second kappa shape index (κ2) is 6.20. The molecule has 0 spiro atoms. The van der Waals surface area contributed by atoms with Gasteiger partial charge in [0, 0.05) is 6.61 Å². The van der Waals surface area contributed by atoms with Crippen LogP contribution in [0.5, 0.6) is 0 Å². The van der Waals surface area contributed by atoms with Crippen LogP contribution in [-0.4, -0.2) is 20.0 Å². The molecule has 108 valence electrons. The number of rotatable bonds is 5. The zero-order chi connectivity index (χ0) is 14.7. The summed E-state index contributed by atoms with van der Waals surface area (Å²) < 4.78 is 6.25. The second-order valence-corrected chi connectivity index (χ2v) is 11.6. The van der Waals surface area contributed by atoms with Crippen LogP contribution < -0.4 is 0 Å². The van der Waals surface area contributed by atoms with Gasteiger partial charge in [-0.15, -0.1) is 0 Å². The first-order valence-electron chi connectivity index (χ1n) is 7.00. The van der Waals surface area contributed by atoms with Crippen molar-refractivity contribution >= 4 is 8.32 Å². The molecule has 1 aromatic carbocycles. The summed E-state index contributed by atoms with van der Waals surface area (Å²) in [7, 11) is -1.68. The van der Waals surface area contributed by atoms with Crippen LogP contribution >= 0.6 is 0 Å². The van der Waals surface area contributed by atoms with Gasteiger partial charge in [-0.05, 0) is 48.2 Å². The minimum Gasteiger partial charge on any atom is -0.413 e. The maximum Gasteiger partial charge on any atom is 0.192 e. The van der Waals surface area contributed by atoms with Crippen molar-refractivity contribution in [3.8, 4) is 0 Å². The minimum atomic E-state index is -1.68. The fraction of sp³-hybridized carbons (Fsp3) is 0.625. The van der Waals surface area contributed by atoms with Crippen molar-refractivity contribution < 1.29 is 9.53 Å². The largest absolute Gasteiger partial charge is 0.413 e. The Morgan fingerprint density at radius 2 is 1.84 bits per heavy atom. The van der Waals surface area contributed by atoms with Crippen LogP contribution in [0.1, 0.15) is 37.5 Å². The van der Waals surface area contributed by atoms with Crippen molar-refractivity contribution in [2.75, 3.05) is 6.61 Å². The summed E-state index contributed by atoms with van der Waals surface area (Å²) in [4.78, 5) is 0. The van der Waals surface area contributed by atoms with Crippen LogP contribution in [0.15, 0.2) is 18.2 Å². The van der Waals surface area contributed by atoms with E-state index in [1.807, 2.05) is 0 Å². The van der Waals surface area contributed by atoms with Gasteiger partial charge >= 0.3 is 0 Å². The molecule has 0 aliphatic carbocycles. The standard InChI is InChI=1S/C16H28O2Si/c1-13-11-14(9-10-17)7-8-15(13)12-18-19(5,6)16(2,3)4/h7-8,11,17H,9-10,12H2,1-6H3. The molecule has 0 amide bonds. The highest BCUT2D eigenvalue weighted by Gasteiger charge is 2.37. The van der Waals surface area contributed by atoms with E-state index in [4.69, 9.17) is 9.53 Å². The molecule has 2 nitrogen and oxygen atoms in total. The first-order valence-corrected chi connectivity index (χ1v) is 9.91. The van der Waals surface area contributed by atoms with E-state index in [1.54, 1.807) is 0 Å². The molecular formula is C16H28O2Si. The lowest BCUT2D eigenvalue weighted by Gasteiger charge is -2.36. The summed E-state index contributed by atoms with van der Waals surface area (Å²) in [6, 6.07) is 6.38. The van der Waals surface area contributed by atoms with Crippen LogP contribution in [-0.2, 0) is 17.5 Å².